The van der Waals surface area contributed by atoms with Crippen LogP contribution in [-0.2, 0) is 0 Å². The zero-order valence-corrected chi connectivity index (χ0v) is 15.0. The number of nitrogens with one attached hydrogen (secondary N) is 1. The minimum Gasteiger partial charge on any atom is -0.346 e. The van der Waals surface area contributed by atoms with E-state index in [0.717, 1.165) is 44.3 Å². The van der Waals surface area contributed by atoms with Crippen LogP contribution in [0.5, 0.6) is 0 Å². The molecule has 0 aliphatic carbocycles. The van der Waals surface area contributed by atoms with E-state index in [0.29, 0.717) is 5.52 Å². The highest BCUT2D eigenvalue weighted by molar-refractivity contribution is 6.04. The second-order valence-corrected chi connectivity index (χ2v) is 6.84. The predicted molar refractivity (Wildman–Crippen MR) is 109 cm³/mol. The van der Waals surface area contributed by atoms with Gasteiger partial charge in [-0.25, -0.2) is 14.1 Å². The molecule has 138 valence electrons. The van der Waals surface area contributed by atoms with Crippen LogP contribution in [-0.4, -0.2) is 29.9 Å². The molecule has 7 heteroatoms. The highest BCUT2D eigenvalue weighted by Crippen LogP contribution is 2.30. The minimum absolute atomic E-state index is 0.292. The molecule has 6 rings (SSSR count). The van der Waals surface area contributed by atoms with Gasteiger partial charge in [-0.2, -0.15) is 0 Å². The maximum Gasteiger partial charge on any atom is 0.137 e. The zero-order valence-electron chi connectivity index (χ0n) is 15.0. The van der Waals surface area contributed by atoms with Gasteiger partial charge in [0.05, 0.1) is 17.4 Å². The van der Waals surface area contributed by atoms with Gasteiger partial charge in [0.1, 0.15) is 22.5 Å². The predicted octanol–water partition coefficient (Wildman–Crippen LogP) is 4.65. The van der Waals surface area contributed by atoms with E-state index >= 15 is 0 Å². The first kappa shape index (κ1) is 15.9. The van der Waals surface area contributed by atoms with Crippen molar-refractivity contribution in [2.24, 2.45) is 0 Å². The van der Waals surface area contributed by atoms with Gasteiger partial charge in [-0.05, 0) is 54.1 Å². The molecule has 6 nitrogen and oxygen atoms in total. The molecule has 0 spiro atoms. The largest absolute Gasteiger partial charge is 0.346 e. The molecule has 1 N–H and O–H groups in total. The molecule has 2 aromatic carbocycles. The smallest absolute Gasteiger partial charge is 0.137 e. The number of rotatable bonds is 2. The summed E-state index contributed by atoms with van der Waals surface area (Å²) in [6, 6.07) is 16.4. The number of benzene rings is 2. The van der Waals surface area contributed by atoms with Gasteiger partial charge in [-0.15, -0.1) is 5.10 Å². The highest BCUT2D eigenvalue weighted by Gasteiger charge is 2.13. The summed E-state index contributed by atoms with van der Waals surface area (Å²) in [7, 11) is 0. The minimum atomic E-state index is -0.292. The van der Waals surface area contributed by atoms with E-state index in [-0.39, 0.29) is 5.82 Å². The van der Waals surface area contributed by atoms with Crippen molar-refractivity contribution in [3.8, 4) is 16.8 Å². The van der Waals surface area contributed by atoms with E-state index in [1.807, 2.05) is 30.6 Å². The molecule has 0 aliphatic heterocycles. The lowest BCUT2D eigenvalue weighted by Crippen LogP contribution is -1.97. The summed E-state index contributed by atoms with van der Waals surface area (Å²) in [5, 5.41) is 10.5. The molecule has 4 aromatic heterocycles. The van der Waals surface area contributed by atoms with E-state index in [2.05, 4.69) is 37.4 Å². The first-order valence-electron chi connectivity index (χ1n) is 9.10. The number of aromatic amines is 1. The van der Waals surface area contributed by atoms with Crippen molar-refractivity contribution in [1.82, 2.24) is 29.9 Å². The topological polar surface area (TPSA) is 72.3 Å². The van der Waals surface area contributed by atoms with E-state index in [1.54, 1.807) is 23.0 Å². The lowest BCUT2D eigenvalue weighted by molar-refractivity contribution is 0.627. The Morgan fingerprint density at radius 2 is 1.72 bits per heavy atom. The normalized spacial score (nSPS) is 11.6. The third-order valence-electron chi connectivity index (χ3n) is 5.08. The summed E-state index contributed by atoms with van der Waals surface area (Å²) < 4.78 is 15.1. The summed E-state index contributed by atoms with van der Waals surface area (Å²) in [6.07, 6.45) is 5.43. The fraction of sp³-hybridized carbons (Fsp3) is 0. The molecule has 6 aromatic rings. The van der Waals surface area contributed by atoms with Crippen molar-refractivity contribution in [2.75, 3.05) is 0 Å². The number of pyridine rings is 2. The van der Waals surface area contributed by atoms with Crippen LogP contribution in [0.2, 0.25) is 0 Å². The highest BCUT2D eigenvalue weighted by atomic mass is 19.1. The molecule has 0 saturated heterocycles. The number of hydrogen-bond donors (Lipinski definition) is 1. The Morgan fingerprint density at radius 1 is 0.828 bits per heavy atom. The second kappa shape index (κ2) is 5.93. The van der Waals surface area contributed by atoms with E-state index in [4.69, 9.17) is 0 Å². The fourth-order valence-corrected chi connectivity index (χ4v) is 3.64. The Balaban J connectivity index is 1.61. The number of nitrogens with zero attached hydrogens (tertiary/aromatic N) is 5. The molecule has 0 aliphatic rings. The molecule has 29 heavy (non-hydrogen) atoms. The maximum absolute atomic E-state index is 13.4. The number of hydrogen-bond acceptors (Lipinski definition) is 4. The van der Waals surface area contributed by atoms with Gasteiger partial charge in [0.15, 0.2) is 0 Å². The number of aromatic nitrogens is 6. The van der Waals surface area contributed by atoms with Gasteiger partial charge >= 0.3 is 0 Å². The molecule has 0 fully saturated rings. The average Bonchev–Trinajstić information content (AvgIpc) is 3.40. The number of halogens is 1. The van der Waals surface area contributed by atoms with Crippen LogP contribution in [0.15, 0.2) is 73.2 Å². The summed E-state index contributed by atoms with van der Waals surface area (Å²) in [5.74, 6) is -0.292. The monoisotopic (exact) mass is 380 g/mol. The van der Waals surface area contributed by atoms with Crippen LogP contribution in [0.3, 0.4) is 0 Å². The van der Waals surface area contributed by atoms with Crippen molar-refractivity contribution >= 4 is 33.0 Å². The lowest BCUT2D eigenvalue weighted by atomic mass is 10.0. The van der Waals surface area contributed by atoms with Crippen molar-refractivity contribution in [1.29, 1.82) is 0 Å². The number of fused-ring (bicyclic) bond motifs is 4. The van der Waals surface area contributed by atoms with E-state index < -0.39 is 0 Å². The standard InChI is InChI=1S/C22H13FN6/c23-16-2-4-17(5-3-16)29-21-18-10-13(1-6-19(18)25-12-20(21)27-28-29)15-9-14-7-8-24-22(14)26-11-15/h1-12H,(H,24,26). The summed E-state index contributed by atoms with van der Waals surface area (Å²) in [5.41, 5.74) is 5.98. The Morgan fingerprint density at radius 3 is 2.62 bits per heavy atom. The van der Waals surface area contributed by atoms with Gasteiger partial charge in [-0.1, -0.05) is 11.3 Å². The first-order chi connectivity index (χ1) is 14.3. The fourth-order valence-electron chi connectivity index (χ4n) is 3.64. The number of H-pyrrole nitrogens is 1. The first-order valence-corrected chi connectivity index (χ1v) is 9.10. The quantitative estimate of drug-likeness (QED) is 0.475. The molecular formula is C22H13FN6. The molecular weight excluding hydrogens is 367 g/mol. The maximum atomic E-state index is 13.4. The van der Waals surface area contributed by atoms with Crippen LogP contribution in [0.25, 0.3) is 49.8 Å². The van der Waals surface area contributed by atoms with Gasteiger partial charge in [0, 0.05) is 28.7 Å². The van der Waals surface area contributed by atoms with Gasteiger partial charge in [0.25, 0.3) is 0 Å². The van der Waals surface area contributed by atoms with Crippen LogP contribution in [0, 0.1) is 5.82 Å². The average molecular weight is 380 g/mol. The Labute approximate surface area is 163 Å². The van der Waals surface area contributed by atoms with Crippen molar-refractivity contribution < 1.29 is 4.39 Å². The molecule has 0 unspecified atom stereocenters. The van der Waals surface area contributed by atoms with Crippen LogP contribution in [0.1, 0.15) is 0 Å². The molecule has 0 saturated carbocycles. The Bertz CT molecular complexity index is 1510. The van der Waals surface area contributed by atoms with Crippen LogP contribution >= 0.6 is 0 Å². The van der Waals surface area contributed by atoms with Crippen molar-refractivity contribution in [2.45, 2.75) is 0 Å². The van der Waals surface area contributed by atoms with Gasteiger partial charge in [-0.3, -0.25) is 4.98 Å². The molecule has 4 heterocycles. The Hall–Kier alpha value is -4.13. The SMILES string of the molecule is Fc1ccc(-n2nnc3cnc4ccc(-c5cnc6[nH]ccc6c5)cc4c32)cc1. The van der Waals surface area contributed by atoms with Crippen molar-refractivity contribution in [3.05, 3.63) is 79.0 Å². The van der Waals surface area contributed by atoms with Crippen LogP contribution < -0.4 is 0 Å². The van der Waals surface area contributed by atoms with Gasteiger partial charge < -0.3 is 4.98 Å². The molecule has 0 bridgehead atoms. The summed E-state index contributed by atoms with van der Waals surface area (Å²) >= 11 is 0. The molecule has 0 amide bonds. The van der Waals surface area contributed by atoms with Crippen LogP contribution in [0.4, 0.5) is 4.39 Å². The summed E-state index contributed by atoms with van der Waals surface area (Å²) in [4.78, 5) is 12.1. The lowest BCUT2D eigenvalue weighted by Gasteiger charge is -2.07. The summed E-state index contributed by atoms with van der Waals surface area (Å²) in [6.45, 7) is 0. The van der Waals surface area contributed by atoms with E-state index in [9.17, 15) is 4.39 Å². The zero-order chi connectivity index (χ0) is 19.4. The third kappa shape index (κ3) is 2.48. The molecule has 0 radical (unpaired) electrons. The second-order valence-electron chi connectivity index (χ2n) is 6.84. The third-order valence-corrected chi connectivity index (χ3v) is 5.08. The molecule has 0 atom stereocenters. The van der Waals surface area contributed by atoms with Crippen molar-refractivity contribution in [3.63, 3.8) is 0 Å². The van der Waals surface area contributed by atoms with E-state index in [1.165, 1.54) is 12.1 Å². The Kier molecular flexibility index (Phi) is 3.25. The van der Waals surface area contributed by atoms with Gasteiger partial charge in [0.2, 0.25) is 0 Å².